The highest BCUT2D eigenvalue weighted by Crippen LogP contribution is 2.29. The second kappa shape index (κ2) is 4.42. The first-order valence-corrected chi connectivity index (χ1v) is 6.69. The molecule has 4 rings (SSSR count). The van der Waals surface area contributed by atoms with Gasteiger partial charge in [-0.15, -0.1) is 0 Å². The number of nitrogens with one attached hydrogen (secondary N) is 1. The Balaban J connectivity index is 1.63. The minimum Gasteiger partial charge on any atom is -0.306 e. The Labute approximate surface area is 103 Å². The van der Waals surface area contributed by atoms with Crippen molar-refractivity contribution in [3.8, 4) is 0 Å². The molecule has 0 amide bonds. The van der Waals surface area contributed by atoms with Gasteiger partial charge in [-0.3, -0.25) is 4.68 Å². The Morgan fingerprint density at radius 1 is 1.41 bits per heavy atom. The average Bonchev–Trinajstić information content (AvgIpc) is 2.77. The summed E-state index contributed by atoms with van der Waals surface area (Å²) in [6.45, 7) is 6.10. The summed E-state index contributed by atoms with van der Waals surface area (Å²) in [6, 6.07) is 1.09. The molecule has 2 bridgehead atoms. The summed E-state index contributed by atoms with van der Waals surface area (Å²) in [4.78, 5) is 2.59. The highest BCUT2D eigenvalue weighted by molar-refractivity contribution is 5.10. The van der Waals surface area contributed by atoms with E-state index in [1.807, 2.05) is 17.9 Å². The lowest BCUT2D eigenvalue weighted by Gasteiger charge is -2.46. The van der Waals surface area contributed by atoms with Crippen LogP contribution in [0.25, 0.3) is 0 Å². The number of hydrogen-bond donors (Lipinski definition) is 1. The predicted molar refractivity (Wildman–Crippen MR) is 67.7 cm³/mol. The number of fused-ring (bicyclic) bond motifs is 3. The Hall–Kier alpha value is -0.870. The lowest BCUT2D eigenvalue weighted by molar-refractivity contribution is 0.0680. The second-order valence-electron chi connectivity index (χ2n) is 5.58. The van der Waals surface area contributed by atoms with Crippen LogP contribution in [0.4, 0.5) is 0 Å². The molecular weight excluding hydrogens is 212 g/mol. The van der Waals surface area contributed by atoms with Gasteiger partial charge in [0.15, 0.2) is 0 Å². The molecule has 0 aliphatic carbocycles. The minimum atomic E-state index is 0.411. The molecule has 3 saturated heterocycles. The van der Waals surface area contributed by atoms with Crippen LogP contribution in [0.5, 0.6) is 0 Å². The van der Waals surface area contributed by atoms with Crippen LogP contribution in [0.15, 0.2) is 12.4 Å². The normalized spacial score (nSPS) is 33.9. The Kier molecular flexibility index (Phi) is 2.92. The van der Waals surface area contributed by atoms with Crippen LogP contribution in [-0.2, 0) is 7.05 Å². The third kappa shape index (κ3) is 2.24. The van der Waals surface area contributed by atoms with Gasteiger partial charge < -0.3 is 10.2 Å². The first-order chi connectivity index (χ1) is 8.22. The standard InChI is InChI=1S/C13H22N4/c1-10(12-7-14-16(2)8-12)15-13-9-17-5-3-11(13)4-6-17/h7-8,10-11,13,15H,3-6,9H2,1-2H3. The van der Waals surface area contributed by atoms with Crippen molar-refractivity contribution in [2.24, 2.45) is 13.0 Å². The van der Waals surface area contributed by atoms with Crippen molar-refractivity contribution >= 4 is 0 Å². The van der Waals surface area contributed by atoms with E-state index in [1.54, 1.807) is 0 Å². The van der Waals surface area contributed by atoms with Crippen LogP contribution in [-0.4, -0.2) is 40.4 Å². The molecule has 3 aliphatic rings. The van der Waals surface area contributed by atoms with Crippen molar-refractivity contribution in [1.82, 2.24) is 20.0 Å². The number of rotatable bonds is 3. The van der Waals surface area contributed by atoms with E-state index in [1.165, 1.54) is 38.0 Å². The molecule has 3 fully saturated rings. The zero-order valence-electron chi connectivity index (χ0n) is 10.8. The predicted octanol–water partition coefficient (Wildman–Crippen LogP) is 1.16. The monoisotopic (exact) mass is 234 g/mol. The fourth-order valence-corrected chi connectivity index (χ4v) is 3.23. The van der Waals surface area contributed by atoms with Crippen molar-refractivity contribution < 1.29 is 0 Å². The molecule has 94 valence electrons. The van der Waals surface area contributed by atoms with Crippen LogP contribution in [0, 0.1) is 5.92 Å². The summed E-state index contributed by atoms with van der Waals surface area (Å²) in [5.41, 5.74) is 1.30. The highest BCUT2D eigenvalue weighted by Gasteiger charge is 2.34. The Morgan fingerprint density at radius 3 is 2.71 bits per heavy atom. The molecule has 0 saturated carbocycles. The molecule has 0 aromatic carbocycles. The Morgan fingerprint density at radius 2 is 2.18 bits per heavy atom. The lowest BCUT2D eigenvalue weighted by atomic mass is 9.83. The largest absolute Gasteiger partial charge is 0.306 e. The van der Waals surface area contributed by atoms with Crippen molar-refractivity contribution in [3.05, 3.63) is 18.0 Å². The lowest BCUT2D eigenvalue weighted by Crippen LogP contribution is -2.56. The molecule has 2 unspecified atom stereocenters. The SMILES string of the molecule is CC(NC1CN2CCC1CC2)c1cnn(C)c1. The molecule has 17 heavy (non-hydrogen) atoms. The molecule has 1 aromatic rings. The highest BCUT2D eigenvalue weighted by atomic mass is 15.2. The number of aromatic nitrogens is 2. The van der Waals surface area contributed by atoms with Gasteiger partial charge in [-0.05, 0) is 38.8 Å². The van der Waals surface area contributed by atoms with Crippen molar-refractivity contribution in [2.75, 3.05) is 19.6 Å². The topological polar surface area (TPSA) is 33.1 Å². The van der Waals surface area contributed by atoms with Crippen LogP contribution in [0.1, 0.15) is 31.4 Å². The first-order valence-electron chi connectivity index (χ1n) is 6.69. The molecule has 0 spiro atoms. The van der Waals surface area contributed by atoms with Gasteiger partial charge in [0.2, 0.25) is 0 Å². The number of nitrogens with zero attached hydrogens (tertiary/aromatic N) is 3. The van der Waals surface area contributed by atoms with E-state index in [0.717, 1.165) is 5.92 Å². The summed E-state index contributed by atoms with van der Waals surface area (Å²) in [6.07, 6.45) is 6.83. The summed E-state index contributed by atoms with van der Waals surface area (Å²) < 4.78 is 1.88. The quantitative estimate of drug-likeness (QED) is 0.852. The van der Waals surface area contributed by atoms with E-state index in [2.05, 4.69) is 28.4 Å². The molecule has 4 heteroatoms. The molecule has 1 aromatic heterocycles. The van der Waals surface area contributed by atoms with Gasteiger partial charge in [-0.25, -0.2) is 0 Å². The van der Waals surface area contributed by atoms with Crippen LogP contribution < -0.4 is 5.32 Å². The fraction of sp³-hybridized carbons (Fsp3) is 0.769. The first kappa shape index (κ1) is 11.2. The molecule has 3 aliphatic heterocycles. The molecular formula is C13H22N4. The van der Waals surface area contributed by atoms with E-state index < -0.39 is 0 Å². The summed E-state index contributed by atoms with van der Waals surface area (Å²) >= 11 is 0. The van der Waals surface area contributed by atoms with E-state index >= 15 is 0 Å². The van der Waals surface area contributed by atoms with Crippen molar-refractivity contribution in [3.63, 3.8) is 0 Å². The van der Waals surface area contributed by atoms with Crippen LogP contribution in [0.2, 0.25) is 0 Å². The van der Waals surface area contributed by atoms with Gasteiger partial charge in [0.1, 0.15) is 0 Å². The zero-order chi connectivity index (χ0) is 11.8. The fourth-order valence-electron chi connectivity index (χ4n) is 3.23. The van der Waals surface area contributed by atoms with Crippen LogP contribution in [0.3, 0.4) is 0 Å². The van der Waals surface area contributed by atoms with Gasteiger partial charge in [-0.2, -0.15) is 5.10 Å². The van der Waals surface area contributed by atoms with Gasteiger partial charge in [0, 0.05) is 37.4 Å². The number of hydrogen-bond acceptors (Lipinski definition) is 3. The van der Waals surface area contributed by atoms with Crippen LogP contribution >= 0.6 is 0 Å². The van der Waals surface area contributed by atoms with Crippen molar-refractivity contribution in [2.45, 2.75) is 31.8 Å². The van der Waals surface area contributed by atoms with E-state index in [9.17, 15) is 0 Å². The summed E-state index contributed by atoms with van der Waals surface area (Å²) in [5.74, 6) is 0.888. The maximum absolute atomic E-state index is 4.24. The van der Waals surface area contributed by atoms with Crippen molar-refractivity contribution in [1.29, 1.82) is 0 Å². The van der Waals surface area contributed by atoms with Gasteiger partial charge in [0.25, 0.3) is 0 Å². The van der Waals surface area contributed by atoms with E-state index in [0.29, 0.717) is 12.1 Å². The molecule has 0 radical (unpaired) electrons. The summed E-state index contributed by atoms with van der Waals surface area (Å²) in [5, 5.41) is 8.03. The maximum Gasteiger partial charge on any atom is 0.0537 e. The molecule has 2 atom stereocenters. The van der Waals surface area contributed by atoms with Gasteiger partial charge in [-0.1, -0.05) is 0 Å². The average molecular weight is 234 g/mol. The number of aryl methyl sites for hydroxylation is 1. The van der Waals surface area contributed by atoms with Gasteiger partial charge in [0.05, 0.1) is 6.20 Å². The minimum absolute atomic E-state index is 0.411. The van der Waals surface area contributed by atoms with Gasteiger partial charge >= 0.3 is 0 Å². The maximum atomic E-state index is 4.24. The molecule has 4 heterocycles. The molecule has 1 N–H and O–H groups in total. The Bertz CT molecular complexity index is 379. The summed E-state index contributed by atoms with van der Waals surface area (Å²) in [7, 11) is 1.98. The smallest absolute Gasteiger partial charge is 0.0537 e. The van der Waals surface area contributed by atoms with E-state index in [-0.39, 0.29) is 0 Å². The molecule has 4 nitrogen and oxygen atoms in total. The third-order valence-electron chi connectivity index (χ3n) is 4.35. The van der Waals surface area contributed by atoms with E-state index in [4.69, 9.17) is 0 Å². The third-order valence-corrected chi connectivity index (χ3v) is 4.35. The zero-order valence-corrected chi connectivity index (χ0v) is 10.8. The second-order valence-corrected chi connectivity index (χ2v) is 5.58. The number of piperidine rings is 3.